The highest BCUT2D eigenvalue weighted by Crippen LogP contribution is 2.56. The molecule has 0 heterocycles. The summed E-state index contributed by atoms with van der Waals surface area (Å²) in [7, 11) is 0. The van der Waals surface area contributed by atoms with Gasteiger partial charge in [-0.05, 0) is 75.4 Å². The number of aliphatic hydroxyl groups is 3. The van der Waals surface area contributed by atoms with Crippen molar-refractivity contribution in [1.82, 2.24) is 0 Å². The van der Waals surface area contributed by atoms with E-state index in [1.807, 2.05) is 25.6 Å². The Hall–Kier alpha value is -0.810. The van der Waals surface area contributed by atoms with E-state index in [1.54, 1.807) is 5.57 Å². The quantitative estimate of drug-likeness (QED) is 0.554. The zero-order valence-corrected chi connectivity index (χ0v) is 19.3. The second kappa shape index (κ2) is 8.74. The van der Waals surface area contributed by atoms with Crippen LogP contribution in [0.3, 0.4) is 0 Å². The first-order valence-electron chi connectivity index (χ1n) is 11.0. The lowest BCUT2D eigenvalue weighted by Crippen LogP contribution is -2.34. The molecule has 29 heavy (non-hydrogen) atoms. The Bertz CT molecular complexity index is 727. The minimum atomic E-state index is -0.639. The third-order valence-electron chi connectivity index (χ3n) is 7.00. The zero-order chi connectivity index (χ0) is 21.4. The van der Waals surface area contributed by atoms with Crippen LogP contribution in [0.2, 0.25) is 0 Å². The van der Waals surface area contributed by atoms with Gasteiger partial charge in [0.2, 0.25) is 0 Å². The molecule has 0 radical (unpaired) electrons. The summed E-state index contributed by atoms with van der Waals surface area (Å²) in [5, 5.41) is 30.6. The minimum absolute atomic E-state index is 0.192. The Morgan fingerprint density at radius 3 is 2.76 bits per heavy atom. The fourth-order valence-electron chi connectivity index (χ4n) is 5.37. The van der Waals surface area contributed by atoms with E-state index in [0.717, 1.165) is 29.7 Å². The van der Waals surface area contributed by atoms with Crippen molar-refractivity contribution in [3.8, 4) is 0 Å². The summed E-state index contributed by atoms with van der Waals surface area (Å²) < 4.78 is 0. The van der Waals surface area contributed by atoms with E-state index in [9.17, 15) is 15.3 Å². The van der Waals surface area contributed by atoms with Crippen molar-refractivity contribution < 1.29 is 15.3 Å². The van der Waals surface area contributed by atoms with Crippen molar-refractivity contribution in [2.75, 3.05) is 5.75 Å². The topological polar surface area (TPSA) is 60.7 Å². The van der Waals surface area contributed by atoms with Gasteiger partial charge in [-0.15, -0.1) is 0 Å². The summed E-state index contributed by atoms with van der Waals surface area (Å²) in [5.41, 5.74) is 4.32. The van der Waals surface area contributed by atoms with Gasteiger partial charge in [0.15, 0.2) is 0 Å². The number of hydrogen-bond acceptors (Lipinski definition) is 4. The van der Waals surface area contributed by atoms with Gasteiger partial charge in [-0.1, -0.05) is 42.9 Å². The van der Waals surface area contributed by atoms with Crippen molar-refractivity contribution in [3.63, 3.8) is 0 Å². The fourth-order valence-corrected chi connectivity index (χ4v) is 6.57. The van der Waals surface area contributed by atoms with Crippen LogP contribution in [0.25, 0.3) is 0 Å². The summed E-state index contributed by atoms with van der Waals surface area (Å²) in [5.74, 6) is 1.27. The molecule has 3 nitrogen and oxygen atoms in total. The van der Waals surface area contributed by atoms with Gasteiger partial charge >= 0.3 is 0 Å². The van der Waals surface area contributed by atoms with Gasteiger partial charge in [0.1, 0.15) is 0 Å². The molecule has 3 N–H and O–H groups in total. The van der Waals surface area contributed by atoms with Crippen LogP contribution in [0.4, 0.5) is 0 Å². The Morgan fingerprint density at radius 1 is 1.34 bits per heavy atom. The molecule has 0 aromatic carbocycles. The Labute approximate surface area is 180 Å². The lowest BCUT2D eigenvalue weighted by atomic mass is 9.64. The summed E-state index contributed by atoms with van der Waals surface area (Å²) in [6.45, 7) is 12.5. The van der Waals surface area contributed by atoms with Gasteiger partial charge in [0, 0.05) is 17.4 Å². The first-order valence-corrected chi connectivity index (χ1v) is 12.1. The molecule has 3 aliphatic carbocycles. The number of aliphatic hydroxyl groups excluding tert-OH is 2. The predicted octanol–water partition coefficient (Wildman–Crippen LogP) is 4.94. The third-order valence-corrected chi connectivity index (χ3v) is 8.63. The van der Waals surface area contributed by atoms with Gasteiger partial charge in [0.05, 0.1) is 17.8 Å². The minimum Gasteiger partial charge on any atom is -0.393 e. The Balaban J connectivity index is 1.76. The highest BCUT2D eigenvalue weighted by Gasteiger charge is 2.46. The van der Waals surface area contributed by atoms with Gasteiger partial charge in [-0.25, -0.2) is 0 Å². The van der Waals surface area contributed by atoms with Crippen molar-refractivity contribution in [2.45, 2.75) is 89.3 Å². The second-order valence-electron chi connectivity index (χ2n) is 10.1. The number of thioether (sulfide) groups is 1. The number of allylic oxidation sites excluding steroid dienone is 4. The molecule has 5 atom stereocenters. The molecular formula is C25H38O3S. The molecule has 0 spiro atoms. The van der Waals surface area contributed by atoms with Crippen LogP contribution in [-0.4, -0.2) is 44.1 Å². The molecule has 4 heteroatoms. The molecule has 3 rings (SSSR count). The third kappa shape index (κ3) is 5.10. The average molecular weight is 419 g/mol. The molecule has 162 valence electrons. The molecule has 0 saturated heterocycles. The second-order valence-corrected chi connectivity index (χ2v) is 11.4. The van der Waals surface area contributed by atoms with Crippen LogP contribution in [0.5, 0.6) is 0 Å². The van der Waals surface area contributed by atoms with Crippen molar-refractivity contribution >= 4 is 11.8 Å². The SMILES string of the molecule is C=C1C(=CC=C2CCC[C@]3(C)C([C@@H](C)SCC(C)(C)O)=CC[C@@H]23)C[C@@H](O)C[C@@H]1O. The summed E-state index contributed by atoms with van der Waals surface area (Å²) in [6.07, 6.45) is 11.3. The van der Waals surface area contributed by atoms with Crippen LogP contribution >= 0.6 is 11.8 Å². The molecule has 2 fully saturated rings. The molecule has 0 bridgehead atoms. The summed E-state index contributed by atoms with van der Waals surface area (Å²) in [6, 6.07) is 0. The van der Waals surface area contributed by atoms with E-state index < -0.39 is 17.8 Å². The van der Waals surface area contributed by atoms with Crippen LogP contribution in [-0.2, 0) is 0 Å². The average Bonchev–Trinajstić information content (AvgIpc) is 2.98. The maximum Gasteiger partial charge on any atom is 0.0811 e. The number of fused-ring (bicyclic) bond motifs is 1. The zero-order valence-electron chi connectivity index (χ0n) is 18.4. The van der Waals surface area contributed by atoms with Crippen molar-refractivity contribution in [3.05, 3.63) is 47.1 Å². The van der Waals surface area contributed by atoms with Gasteiger partial charge in [-0.2, -0.15) is 11.8 Å². The maximum absolute atomic E-state index is 10.1. The Morgan fingerprint density at radius 2 is 2.07 bits per heavy atom. The van der Waals surface area contributed by atoms with E-state index in [1.165, 1.54) is 18.4 Å². The molecule has 0 unspecified atom stereocenters. The van der Waals surface area contributed by atoms with Crippen LogP contribution < -0.4 is 0 Å². The summed E-state index contributed by atoms with van der Waals surface area (Å²) in [4.78, 5) is 0. The maximum atomic E-state index is 10.1. The van der Waals surface area contributed by atoms with Crippen molar-refractivity contribution in [2.24, 2.45) is 11.3 Å². The van der Waals surface area contributed by atoms with Crippen LogP contribution in [0.15, 0.2) is 47.1 Å². The molecule has 0 amide bonds. The molecule has 0 aromatic heterocycles. The molecule has 2 saturated carbocycles. The van der Waals surface area contributed by atoms with Crippen LogP contribution in [0, 0.1) is 11.3 Å². The largest absolute Gasteiger partial charge is 0.393 e. The fraction of sp³-hybridized carbons (Fsp3) is 0.680. The monoisotopic (exact) mass is 418 g/mol. The van der Waals surface area contributed by atoms with E-state index in [2.05, 4.69) is 38.7 Å². The number of rotatable bonds is 5. The standard InChI is InChI=1S/C25H38O3S/c1-16-19(13-20(26)14-23(16)27)9-8-18-7-6-12-25(5)21(10-11-22(18)25)17(2)29-15-24(3,4)28/h8-10,17,20,22-23,26-28H,1,6-7,11-15H2,2-5H3/t17-,20-,22+,23+,25-/m1/s1. The molecular weight excluding hydrogens is 380 g/mol. The van der Waals surface area contributed by atoms with Gasteiger partial charge in [0.25, 0.3) is 0 Å². The van der Waals surface area contributed by atoms with E-state index >= 15 is 0 Å². The van der Waals surface area contributed by atoms with E-state index in [4.69, 9.17) is 0 Å². The smallest absolute Gasteiger partial charge is 0.0811 e. The molecule has 0 aromatic rings. The van der Waals surface area contributed by atoms with Crippen LogP contribution in [0.1, 0.15) is 66.2 Å². The Kier molecular flexibility index (Phi) is 6.89. The predicted molar refractivity (Wildman–Crippen MR) is 123 cm³/mol. The first kappa shape index (κ1) is 22.9. The lowest BCUT2D eigenvalue weighted by molar-refractivity contribution is 0.0862. The summed E-state index contributed by atoms with van der Waals surface area (Å²) >= 11 is 1.86. The lowest BCUT2D eigenvalue weighted by Gasteiger charge is -2.42. The highest BCUT2D eigenvalue weighted by molar-refractivity contribution is 8.00. The van der Waals surface area contributed by atoms with E-state index in [-0.39, 0.29) is 5.41 Å². The normalized spacial score (nSPS) is 37.0. The first-order chi connectivity index (χ1) is 13.5. The molecule has 0 aliphatic heterocycles. The van der Waals surface area contributed by atoms with Gasteiger partial charge in [-0.3, -0.25) is 0 Å². The van der Waals surface area contributed by atoms with Crippen molar-refractivity contribution in [1.29, 1.82) is 0 Å². The molecule has 3 aliphatic rings. The van der Waals surface area contributed by atoms with Gasteiger partial charge < -0.3 is 15.3 Å². The van der Waals surface area contributed by atoms with E-state index in [0.29, 0.717) is 24.0 Å². The number of hydrogen-bond donors (Lipinski definition) is 3. The highest BCUT2D eigenvalue weighted by atomic mass is 32.2.